The summed E-state index contributed by atoms with van der Waals surface area (Å²) in [6.45, 7) is 0. The highest BCUT2D eigenvalue weighted by Gasteiger charge is 2.17. The number of nitro groups is 1. The summed E-state index contributed by atoms with van der Waals surface area (Å²) in [6.07, 6.45) is 2.59. The third-order valence-electron chi connectivity index (χ3n) is 2.42. The van der Waals surface area contributed by atoms with Crippen molar-refractivity contribution in [3.05, 3.63) is 46.3 Å². The minimum atomic E-state index is -0.554. The molecule has 1 aromatic carbocycles. The van der Waals surface area contributed by atoms with E-state index in [4.69, 9.17) is 0 Å². The van der Waals surface area contributed by atoms with Crippen molar-refractivity contribution >= 4 is 23.0 Å². The van der Waals surface area contributed by atoms with Gasteiger partial charge >= 0.3 is 0 Å². The first kappa shape index (κ1) is 12.6. The van der Waals surface area contributed by atoms with E-state index in [2.05, 4.69) is 20.3 Å². The number of hydrogen-bond acceptors (Lipinski definition) is 6. The molecule has 0 aliphatic rings. The van der Waals surface area contributed by atoms with Crippen LogP contribution < -0.4 is 10.6 Å². The van der Waals surface area contributed by atoms with Gasteiger partial charge in [-0.2, -0.15) is 0 Å². The minimum Gasteiger partial charge on any atom is -0.383 e. The van der Waals surface area contributed by atoms with Gasteiger partial charge < -0.3 is 15.2 Å². The zero-order valence-electron chi connectivity index (χ0n) is 9.91. The summed E-state index contributed by atoms with van der Waals surface area (Å²) in [5.74, 6) is -0.478. The molecule has 2 rings (SSSR count). The van der Waals surface area contributed by atoms with Gasteiger partial charge in [0.05, 0.1) is 11.1 Å². The largest absolute Gasteiger partial charge is 0.383 e. The van der Waals surface area contributed by atoms with E-state index in [1.165, 1.54) is 30.7 Å². The fourth-order valence-electron chi connectivity index (χ4n) is 1.51. The molecule has 0 fully saturated rings. The Kier molecular flexibility index (Phi) is 3.42. The number of carbonyl (C=O) groups is 1. The van der Waals surface area contributed by atoms with E-state index in [-0.39, 0.29) is 11.3 Å². The lowest BCUT2D eigenvalue weighted by atomic mass is 10.1. The first-order valence-electron chi connectivity index (χ1n) is 5.28. The Hall–Kier alpha value is -2.90. The maximum atomic E-state index is 11.9. The summed E-state index contributed by atoms with van der Waals surface area (Å²) in [5, 5.41) is 19.5. The summed E-state index contributed by atoms with van der Waals surface area (Å²) in [4.78, 5) is 22.2. The number of nitrogens with one attached hydrogen (secondary N) is 2. The molecule has 0 saturated carbocycles. The number of anilines is 2. The maximum Gasteiger partial charge on any atom is 0.293 e. The Morgan fingerprint density at radius 2 is 2.26 bits per heavy atom. The van der Waals surface area contributed by atoms with Crippen molar-refractivity contribution in [1.29, 1.82) is 0 Å². The molecule has 0 bridgehead atoms. The molecular formula is C11H10N4O4. The Bertz CT molecular complexity index is 609. The van der Waals surface area contributed by atoms with Crippen LogP contribution in [-0.4, -0.2) is 23.0 Å². The molecule has 0 spiro atoms. The summed E-state index contributed by atoms with van der Waals surface area (Å²) in [6, 6.07) is 4.16. The molecular weight excluding hydrogens is 252 g/mol. The lowest BCUT2D eigenvalue weighted by molar-refractivity contribution is -0.384. The van der Waals surface area contributed by atoms with Crippen LogP contribution in [0, 0.1) is 10.1 Å². The standard InChI is InChI=1S/C11H10N4O4/c1-12-9-3-2-7(4-10(9)15(17)18)11(16)14-8-5-13-19-6-8/h2-6,12H,1H3,(H,14,16). The average Bonchev–Trinajstić information content (AvgIpc) is 2.90. The van der Waals surface area contributed by atoms with Crippen LogP contribution >= 0.6 is 0 Å². The van der Waals surface area contributed by atoms with Crippen LogP contribution in [0.2, 0.25) is 0 Å². The predicted octanol–water partition coefficient (Wildman–Crippen LogP) is 1.88. The van der Waals surface area contributed by atoms with E-state index >= 15 is 0 Å². The molecule has 1 amide bonds. The lowest BCUT2D eigenvalue weighted by Crippen LogP contribution is -2.12. The number of aromatic nitrogens is 1. The number of rotatable bonds is 4. The monoisotopic (exact) mass is 262 g/mol. The molecule has 0 aliphatic carbocycles. The van der Waals surface area contributed by atoms with Crippen LogP contribution in [0.3, 0.4) is 0 Å². The topological polar surface area (TPSA) is 110 Å². The molecule has 1 aromatic heterocycles. The van der Waals surface area contributed by atoms with Gasteiger partial charge in [0, 0.05) is 18.7 Å². The molecule has 8 heteroatoms. The zero-order chi connectivity index (χ0) is 13.8. The smallest absolute Gasteiger partial charge is 0.293 e. The molecule has 0 saturated heterocycles. The second kappa shape index (κ2) is 5.17. The van der Waals surface area contributed by atoms with Crippen molar-refractivity contribution in [2.24, 2.45) is 0 Å². The van der Waals surface area contributed by atoms with Gasteiger partial charge in [0.2, 0.25) is 0 Å². The number of hydrogen-bond donors (Lipinski definition) is 2. The van der Waals surface area contributed by atoms with Crippen molar-refractivity contribution in [2.45, 2.75) is 0 Å². The Labute approximate surface area is 107 Å². The summed E-state index contributed by atoms with van der Waals surface area (Å²) in [7, 11) is 1.57. The Morgan fingerprint density at radius 1 is 1.47 bits per heavy atom. The zero-order valence-corrected chi connectivity index (χ0v) is 9.91. The first-order chi connectivity index (χ1) is 9.11. The molecule has 0 atom stereocenters. The van der Waals surface area contributed by atoms with Gasteiger partial charge in [0.15, 0.2) is 0 Å². The highest BCUT2D eigenvalue weighted by Crippen LogP contribution is 2.25. The van der Waals surface area contributed by atoms with Crippen molar-refractivity contribution in [1.82, 2.24) is 5.16 Å². The fourth-order valence-corrected chi connectivity index (χ4v) is 1.51. The second-order valence-electron chi connectivity index (χ2n) is 3.61. The average molecular weight is 262 g/mol. The second-order valence-corrected chi connectivity index (χ2v) is 3.61. The summed E-state index contributed by atoms with van der Waals surface area (Å²) < 4.78 is 4.57. The van der Waals surface area contributed by atoms with Crippen LogP contribution in [0.5, 0.6) is 0 Å². The Balaban J connectivity index is 2.27. The lowest BCUT2D eigenvalue weighted by Gasteiger charge is -2.05. The number of nitro benzene ring substituents is 1. The molecule has 98 valence electrons. The molecule has 0 radical (unpaired) electrons. The molecule has 2 N–H and O–H groups in total. The highest BCUT2D eigenvalue weighted by atomic mass is 16.6. The normalized spacial score (nSPS) is 9.95. The van der Waals surface area contributed by atoms with Crippen molar-refractivity contribution in [3.8, 4) is 0 Å². The molecule has 19 heavy (non-hydrogen) atoms. The van der Waals surface area contributed by atoms with Gasteiger partial charge in [0.1, 0.15) is 17.6 Å². The van der Waals surface area contributed by atoms with Crippen molar-refractivity contribution in [3.63, 3.8) is 0 Å². The third-order valence-corrected chi connectivity index (χ3v) is 2.42. The van der Waals surface area contributed by atoms with Crippen LogP contribution in [0.1, 0.15) is 10.4 Å². The van der Waals surface area contributed by atoms with Crippen LogP contribution in [0.25, 0.3) is 0 Å². The highest BCUT2D eigenvalue weighted by molar-refractivity contribution is 6.04. The molecule has 2 aromatic rings. The Morgan fingerprint density at radius 3 is 2.84 bits per heavy atom. The van der Waals surface area contributed by atoms with E-state index in [0.717, 1.165) is 0 Å². The quantitative estimate of drug-likeness (QED) is 0.642. The third kappa shape index (κ3) is 2.68. The van der Waals surface area contributed by atoms with Crippen LogP contribution in [0.15, 0.2) is 35.2 Å². The molecule has 1 heterocycles. The molecule has 0 aliphatic heterocycles. The van der Waals surface area contributed by atoms with Gasteiger partial charge in [-0.15, -0.1) is 0 Å². The molecule has 0 unspecified atom stereocenters. The van der Waals surface area contributed by atoms with E-state index in [1.807, 2.05) is 0 Å². The summed E-state index contributed by atoms with van der Waals surface area (Å²) in [5.41, 5.74) is 0.726. The van der Waals surface area contributed by atoms with E-state index in [9.17, 15) is 14.9 Å². The van der Waals surface area contributed by atoms with Gasteiger partial charge in [-0.25, -0.2) is 0 Å². The van der Waals surface area contributed by atoms with Crippen molar-refractivity contribution in [2.75, 3.05) is 17.7 Å². The van der Waals surface area contributed by atoms with Gasteiger partial charge in [-0.05, 0) is 12.1 Å². The van der Waals surface area contributed by atoms with Gasteiger partial charge in [-0.3, -0.25) is 14.9 Å². The summed E-state index contributed by atoms with van der Waals surface area (Å²) >= 11 is 0. The number of nitrogens with zero attached hydrogens (tertiary/aromatic N) is 2. The van der Waals surface area contributed by atoms with Crippen molar-refractivity contribution < 1.29 is 14.2 Å². The number of benzene rings is 1. The van der Waals surface area contributed by atoms with E-state index < -0.39 is 10.8 Å². The minimum absolute atomic E-state index is 0.166. The van der Waals surface area contributed by atoms with E-state index in [0.29, 0.717) is 11.4 Å². The number of amides is 1. The number of carbonyl (C=O) groups excluding carboxylic acids is 1. The van der Waals surface area contributed by atoms with Crippen LogP contribution in [-0.2, 0) is 0 Å². The predicted molar refractivity (Wildman–Crippen MR) is 67.1 cm³/mol. The van der Waals surface area contributed by atoms with Gasteiger partial charge in [0.25, 0.3) is 11.6 Å². The van der Waals surface area contributed by atoms with E-state index in [1.54, 1.807) is 7.05 Å². The SMILES string of the molecule is CNc1ccc(C(=O)Nc2cnoc2)cc1[N+](=O)[O-]. The van der Waals surface area contributed by atoms with Gasteiger partial charge in [-0.1, -0.05) is 5.16 Å². The molecule has 8 nitrogen and oxygen atoms in total. The fraction of sp³-hybridized carbons (Fsp3) is 0.0909. The first-order valence-corrected chi connectivity index (χ1v) is 5.28. The maximum absolute atomic E-state index is 11.9. The van der Waals surface area contributed by atoms with Crippen LogP contribution in [0.4, 0.5) is 17.1 Å².